The van der Waals surface area contributed by atoms with E-state index in [1.807, 2.05) is 19.1 Å². The number of hydrogen-bond acceptors (Lipinski definition) is 6. The predicted molar refractivity (Wildman–Crippen MR) is 144 cm³/mol. The van der Waals surface area contributed by atoms with Crippen LogP contribution >= 0.6 is 22.9 Å². The van der Waals surface area contributed by atoms with Gasteiger partial charge in [0.1, 0.15) is 5.82 Å². The highest BCUT2D eigenvalue weighted by molar-refractivity contribution is 7.92. The summed E-state index contributed by atoms with van der Waals surface area (Å²) in [5.74, 6) is -0.799. The highest BCUT2D eigenvalue weighted by Crippen LogP contribution is 2.34. The van der Waals surface area contributed by atoms with Crippen molar-refractivity contribution in [3.05, 3.63) is 82.6 Å². The summed E-state index contributed by atoms with van der Waals surface area (Å²) in [5, 5.41) is 1.15. The lowest BCUT2D eigenvalue weighted by molar-refractivity contribution is 0.0917. The number of nitrogens with zero attached hydrogens (tertiary/aromatic N) is 2. The van der Waals surface area contributed by atoms with E-state index in [-0.39, 0.29) is 22.6 Å². The molecule has 2 heterocycles. The normalized spacial score (nSPS) is 15.7. The van der Waals surface area contributed by atoms with Gasteiger partial charge in [0.25, 0.3) is 15.9 Å². The van der Waals surface area contributed by atoms with Crippen LogP contribution in [0.2, 0.25) is 5.02 Å². The third kappa shape index (κ3) is 5.62. The Labute approximate surface area is 222 Å². The molecule has 5 rings (SSSR count). The van der Waals surface area contributed by atoms with E-state index in [1.54, 1.807) is 17.0 Å². The number of carbonyl (C=O) groups is 1. The maximum atomic E-state index is 13.6. The quantitative estimate of drug-likeness (QED) is 0.299. The number of halogens is 2. The maximum Gasteiger partial charge on any atom is 0.261 e. The van der Waals surface area contributed by atoms with Crippen LogP contribution in [-0.2, 0) is 14.8 Å². The van der Waals surface area contributed by atoms with Crippen LogP contribution in [-0.4, -0.2) is 38.6 Å². The van der Waals surface area contributed by atoms with Crippen molar-refractivity contribution in [2.45, 2.75) is 30.8 Å². The van der Waals surface area contributed by atoms with Crippen molar-refractivity contribution in [3.63, 3.8) is 0 Å². The number of anilines is 2. The molecule has 0 bridgehead atoms. The second-order valence-electron chi connectivity index (χ2n) is 8.75. The van der Waals surface area contributed by atoms with E-state index < -0.39 is 15.8 Å². The Bertz CT molecular complexity index is 1550. The number of ether oxygens (including phenoxy) is 1. The molecule has 0 radical (unpaired) electrons. The fraction of sp³-hybridized carbons (Fsp3) is 0.231. The molecule has 37 heavy (non-hydrogen) atoms. The number of amides is 1. The number of fused-ring (bicyclic) bond motifs is 1. The standard InChI is InChI=1S/C26H23ClFN3O4S2/c1-16-13-18(27)14-23-24(16)29-26(36-23)31(15-21-3-2-12-35-21)25(32)17-4-8-20(9-5-17)30-37(33,34)22-10-6-19(28)7-11-22/h4-11,13-14,21,30H,2-3,12,15H2,1H3. The maximum absolute atomic E-state index is 13.6. The van der Waals surface area contributed by atoms with E-state index >= 15 is 0 Å². The molecular formula is C26H23ClFN3O4S2. The molecule has 1 aliphatic rings. The number of nitrogens with one attached hydrogen (secondary N) is 1. The minimum Gasteiger partial charge on any atom is -0.376 e. The summed E-state index contributed by atoms with van der Waals surface area (Å²) in [4.78, 5) is 19.9. The first kappa shape index (κ1) is 25.6. The van der Waals surface area contributed by atoms with E-state index in [0.29, 0.717) is 28.9 Å². The van der Waals surface area contributed by atoms with Gasteiger partial charge in [0.05, 0.1) is 27.8 Å². The molecule has 1 atom stereocenters. The Balaban J connectivity index is 1.41. The molecule has 1 N–H and O–H groups in total. The summed E-state index contributed by atoms with van der Waals surface area (Å²) in [6.07, 6.45) is 1.69. The Morgan fingerprint density at radius 2 is 1.92 bits per heavy atom. The highest BCUT2D eigenvalue weighted by Gasteiger charge is 2.27. The van der Waals surface area contributed by atoms with Crippen LogP contribution in [0.4, 0.5) is 15.2 Å². The van der Waals surface area contributed by atoms with Crippen molar-refractivity contribution < 1.29 is 22.3 Å². The molecule has 1 saturated heterocycles. The number of aryl methyl sites for hydroxylation is 1. The number of benzene rings is 3. The first-order chi connectivity index (χ1) is 17.7. The summed E-state index contributed by atoms with van der Waals surface area (Å²) in [5.41, 5.74) is 2.36. The Hall–Kier alpha value is -3.05. The van der Waals surface area contributed by atoms with Gasteiger partial charge in [-0.1, -0.05) is 22.9 Å². The molecule has 1 aliphatic heterocycles. The van der Waals surface area contributed by atoms with E-state index in [9.17, 15) is 17.6 Å². The molecule has 11 heteroatoms. The SMILES string of the molecule is Cc1cc(Cl)cc2sc(N(CC3CCCO3)C(=O)c3ccc(NS(=O)(=O)c4ccc(F)cc4)cc3)nc12. The number of aromatic nitrogens is 1. The van der Waals surface area contributed by atoms with Gasteiger partial charge in [-0.05, 0) is 86.0 Å². The van der Waals surface area contributed by atoms with Crippen molar-refractivity contribution >= 4 is 59.9 Å². The lowest BCUT2D eigenvalue weighted by Crippen LogP contribution is -2.37. The van der Waals surface area contributed by atoms with Gasteiger partial charge in [0.2, 0.25) is 0 Å². The van der Waals surface area contributed by atoms with Gasteiger partial charge < -0.3 is 4.74 Å². The van der Waals surface area contributed by atoms with Crippen LogP contribution in [0.3, 0.4) is 0 Å². The number of hydrogen-bond donors (Lipinski definition) is 1. The molecule has 3 aromatic carbocycles. The zero-order valence-corrected chi connectivity index (χ0v) is 22.2. The Kier molecular flexibility index (Phi) is 7.17. The van der Waals surface area contributed by atoms with Crippen molar-refractivity contribution in [2.75, 3.05) is 22.8 Å². The lowest BCUT2D eigenvalue weighted by Gasteiger charge is -2.23. The van der Waals surface area contributed by atoms with Crippen molar-refractivity contribution in [1.82, 2.24) is 4.98 Å². The molecule has 1 amide bonds. The largest absolute Gasteiger partial charge is 0.376 e. The van der Waals surface area contributed by atoms with Gasteiger partial charge in [0.15, 0.2) is 5.13 Å². The van der Waals surface area contributed by atoms with Gasteiger partial charge in [0, 0.05) is 22.9 Å². The van der Waals surface area contributed by atoms with E-state index in [0.717, 1.165) is 40.8 Å². The van der Waals surface area contributed by atoms with Crippen LogP contribution in [0, 0.1) is 12.7 Å². The van der Waals surface area contributed by atoms with Gasteiger partial charge in [-0.3, -0.25) is 14.4 Å². The zero-order chi connectivity index (χ0) is 26.2. The van der Waals surface area contributed by atoms with Gasteiger partial charge in [-0.2, -0.15) is 0 Å². The van der Waals surface area contributed by atoms with E-state index in [1.165, 1.54) is 35.6 Å². The molecule has 4 aromatic rings. The molecule has 1 unspecified atom stereocenters. The summed E-state index contributed by atoms with van der Waals surface area (Å²) in [6, 6.07) is 14.4. The molecule has 0 spiro atoms. The van der Waals surface area contributed by atoms with Crippen LogP contribution < -0.4 is 9.62 Å². The second-order valence-corrected chi connectivity index (χ2v) is 11.9. The van der Waals surface area contributed by atoms with Crippen LogP contribution in [0.15, 0.2) is 65.6 Å². The molecule has 1 aromatic heterocycles. The fourth-order valence-corrected chi connectivity index (χ4v) is 6.65. The van der Waals surface area contributed by atoms with Gasteiger partial charge in [-0.15, -0.1) is 0 Å². The Morgan fingerprint density at radius 3 is 2.59 bits per heavy atom. The molecule has 7 nitrogen and oxygen atoms in total. The summed E-state index contributed by atoms with van der Waals surface area (Å²) in [6.45, 7) is 2.93. The number of sulfonamides is 1. The molecule has 0 aliphatic carbocycles. The highest BCUT2D eigenvalue weighted by atomic mass is 35.5. The van der Waals surface area contributed by atoms with Crippen molar-refractivity contribution in [2.24, 2.45) is 0 Å². The first-order valence-electron chi connectivity index (χ1n) is 11.6. The minimum absolute atomic E-state index is 0.0666. The van der Waals surface area contributed by atoms with Crippen LogP contribution in [0.25, 0.3) is 10.2 Å². The fourth-order valence-electron chi connectivity index (χ4n) is 4.16. The van der Waals surface area contributed by atoms with Crippen molar-refractivity contribution in [1.29, 1.82) is 0 Å². The molecule has 0 saturated carbocycles. The predicted octanol–water partition coefficient (Wildman–Crippen LogP) is 6.02. The smallest absolute Gasteiger partial charge is 0.261 e. The van der Waals surface area contributed by atoms with E-state index in [2.05, 4.69) is 4.72 Å². The Morgan fingerprint density at radius 1 is 1.19 bits per heavy atom. The summed E-state index contributed by atoms with van der Waals surface area (Å²) in [7, 11) is -3.91. The lowest BCUT2D eigenvalue weighted by atomic mass is 10.1. The minimum atomic E-state index is -3.91. The number of thiazole rings is 1. The average molecular weight is 560 g/mol. The topological polar surface area (TPSA) is 88.6 Å². The van der Waals surface area contributed by atoms with Crippen LogP contribution in [0.5, 0.6) is 0 Å². The van der Waals surface area contributed by atoms with Crippen LogP contribution in [0.1, 0.15) is 28.8 Å². The zero-order valence-electron chi connectivity index (χ0n) is 19.8. The molecular weight excluding hydrogens is 537 g/mol. The first-order valence-corrected chi connectivity index (χ1v) is 14.3. The van der Waals surface area contributed by atoms with Crippen molar-refractivity contribution in [3.8, 4) is 0 Å². The van der Waals surface area contributed by atoms with E-state index in [4.69, 9.17) is 21.3 Å². The number of rotatable bonds is 7. The average Bonchev–Trinajstić information content (AvgIpc) is 3.53. The summed E-state index contributed by atoms with van der Waals surface area (Å²) >= 11 is 7.61. The summed E-state index contributed by atoms with van der Waals surface area (Å²) < 4.78 is 47.5. The third-order valence-electron chi connectivity index (χ3n) is 6.03. The second kappa shape index (κ2) is 10.4. The molecule has 192 valence electrons. The van der Waals surface area contributed by atoms with Gasteiger partial charge >= 0.3 is 0 Å². The van der Waals surface area contributed by atoms with Gasteiger partial charge in [-0.25, -0.2) is 17.8 Å². The molecule has 1 fully saturated rings. The monoisotopic (exact) mass is 559 g/mol. The number of carbonyl (C=O) groups excluding carboxylic acids is 1. The third-order valence-corrected chi connectivity index (χ3v) is 8.67.